The second-order valence-electron chi connectivity index (χ2n) is 7.39. The van der Waals surface area contributed by atoms with Crippen LogP contribution in [0.1, 0.15) is 54.4 Å². The fourth-order valence-corrected chi connectivity index (χ4v) is 1.53. The van der Waals surface area contributed by atoms with Crippen LogP contribution in [0.2, 0.25) is 0 Å². The molecule has 0 fully saturated rings. The van der Waals surface area contributed by atoms with E-state index in [1.165, 1.54) is 6.42 Å². The minimum absolute atomic E-state index is 0.0551. The number of ether oxygens (including phenoxy) is 2. The molecule has 1 N–H and O–H groups in total. The van der Waals surface area contributed by atoms with E-state index in [9.17, 15) is 4.79 Å². The van der Waals surface area contributed by atoms with Crippen LogP contribution in [0.15, 0.2) is 0 Å². The lowest BCUT2D eigenvalue weighted by molar-refractivity contribution is -0.128. The summed E-state index contributed by atoms with van der Waals surface area (Å²) in [6.07, 6.45) is 2.26. The molecule has 4 heteroatoms. The summed E-state index contributed by atoms with van der Waals surface area (Å²) >= 11 is 0. The first kappa shape index (κ1) is 19.4. The quantitative estimate of drug-likeness (QED) is 0.663. The first-order valence-corrected chi connectivity index (χ1v) is 7.57. The molecular formula is C16H33NO3. The Kier molecular flexibility index (Phi) is 9.06. The van der Waals surface area contributed by atoms with Gasteiger partial charge in [-0.25, -0.2) is 0 Å². The third-order valence-corrected chi connectivity index (χ3v) is 2.80. The Bertz CT molecular complexity index is 264. The zero-order valence-corrected chi connectivity index (χ0v) is 14.2. The fourth-order valence-electron chi connectivity index (χ4n) is 1.53. The Labute approximate surface area is 124 Å². The molecule has 0 spiro atoms. The van der Waals surface area contributed by atoms with Crippen molar-refractivity contribution in [2.75, 3.05) is 33.0 Å². The minimum Gasteiger partial charge on any atom is -0.379 e. The average molecular weight is 287 g/mol. The van der Waals surface area contributed by atoms with E-state index in [1.54, 1.807) is 0 Å². The molecule has 0 aliphatic rings. The largest absolute Gasteiger partial charge is 0.379 e. The third kappa shape index (κ3) is 12.4. The van der Waals surface area contributed by atoms with Crippen molar-refractivity contribution >= 4 is 5.91 Å². The average Bonchev–Trinajstić information content (AvgIpc) is 2.28. The van der Waals surface area contributed by atoms with E-state index in [-0.39, 0.29) is 11.3 Å². The number of carbonyl (C=O) groups is 1. The van der Waals surface area contributed by atoms with Crippen LogP contribution in [0.5, 0.6) is 0 Å². The first-order chi connectivity index (χ1) is 9.13. The molecule has 4 nitrogen and oxygen atoms in total. The van der Waals surface area contributed by atoms with Crippen LogP contribution < -0.4 is 5.32 Å². The second-order valence-corrected chi connectivity index (χ2v) is 7.39. The van der Waals surface area contributed by atoms with Gasteiger partial charge in [0, 0.05) is 18.6 Å². The smallest absolute Gasteiger partial charge is 0.225 e. The lowest BCUT2D eigenvalue weighted by Crippen LogP contribution is -2.36. The van der Waals surface area contributed by atoms with Crippen molar-refractivity contribution in [3.05, 3.63) is 0 Å². The van der Waals surface area contributed by atoms with Gasteiger partial charge in [0.25, 0.3) is 0 Å². The number of hydrogen-bond donors (Lipinski definition) is 1. The molecule has 0 heterocycles. The Hall–Kier alpha value is -0.610. The van der Waals surface area contributed by atoms with E-state index in [0.717, 1.165) is 13.0 Å². The molecule has 120 valence electrons. The fraction of sp³-hybridized carbons (Fsp3) is 0.938. The molecule has 0 saturated heterocycles. The maximum atomic E-state index is 11.6. The molecule has 0 unspecified atom stereocenters. The number of carbonyl (C=O) groups excluding carboxylic acids is 1. The summed E-state index contributed by atoms with van der Waals surface area (Å²) < 4.78 is 10.9. The van der Waals surface area contributed by atoms with Gasteiger partial charge in [-0.3, -0.25) is 4.79 Å². The second kappa shape index (κ2) is 9.35. The number of hydrogen-bond acceptors (Lipinski definition) is 3. The molecule has 0 saturated carbocycles. The van der Waals surface area contributed by atoms with Crippen LogP contribution >= 0.6 is 0 Å². The predicted molar refractivity (Wildman–Crippen MR) is 82.8 cm³/mol. The maximum absolute atomic E-state index is 11.6. The zero-order chi connectivity index (χ0) is 15.6. The van der Waals surface area contributed by atoms with Gasteiger partial charge >= 0.3 is 0 Å². The minimum atomic E-state index is -0.337. The van der Waals surface area contributed by atoms with E-state index in [4.69, 9.17) is 9.47 Å². The van der Waals surface area contributed by atoms with E-state index in [2.05, 4.69) is 26.1 Å². The molecule has 0 aromatic rings. The summed E-state index contributed by atoms with van der Waals surface area (Å²) in [6, 6.07) is 0. The molecule has 0 rings (SSSR count). The van der Waals surface area contributed by atoms with Gasteiger partial charge in [-0.1, -0.05) is 41.5 Å². The third-order valence-electron chi connectivity index (χ3n) is 2.80. The van der Waals surface area contributed by atoms with Gasteiger partial charge in [0.15, 0.2) is 0 Å². The molecule has 1 amide bonds. The number of nitrogens with one attached hydrogen (secondary N) is 1. The Morgan fingerprint density at radius 2 is 1.45 bits per heavy atom. The predicted octanol–water partition coefficient (Wildman–Crippen LogP) is 3.01. The Balaban J connectivity index is 3.28. The van der Waals surface area contributed by atoms with Gasteiger partial charge in [0.05, 0.1) is 19.8 Å². The Morgan fingerprint density at radius 3 is 1.95 bits per heavy atom. The van der Waals surface area contributed by atoms with Crippen molar-refractivity contribution < 1.29 is 14.3 Å². The molecule has 0 atom stereocenters. The molecule has 0 aliphatic carbocycles. The van der Waals surface area contributed by atoms with E-state index in [0.29, 0.717) is 31.8 Å². The van der Waals surface area contributed by atoms with E-state index in [1.807, 2.05) is 20.8 Å². The molecule has 0 aromatic carbocycles. The molecule has 0 aromatic heterocycles. The summed E-state index contributed by atoms with van der Waals surface area (Å²) in [4.78, 5) is 11.6. The Morgan fingerprint density at radius 1 is 0.900 bits per heavy atom. The molecule has 0 aliphatic heterocycles. The van der Waals surface area contributed by atoms with Gasteiger partial charge in [-0.05, 0) is 18.3 Å². The lowest BCUT2D eigenvalue weighted by atomic mass is 9.91. The molecule has 0 bridgehead atoms. The highest BCUT2D eigenvalue weighted by molar-refractivity contribution is 5.81. The SMILES string of the molecule is CC(C)(C)CCCOCCOCCNC(=O)C(C)(C)C. The van der Waals surface area contributed by atoms with Crippen molar-refractivity contribution in [3.8, 4) is 0 Å². The van der Waals surface area contributed by atoms with E-state index < -0.39 is 0 Å². The summed E-state index contributed by atoms with van der Waals surface area (Å²) in [6.45, 7) is 15.5. The number of rotatable bonds is 9. The summed E-state index contributed by atoms with van der Waals surface area (Å²) in [5.74, 6) is 0.0551. The topological polar surface area (TPSA) is 47.6 Å². The van der Waals surface area contributed by atoms with Gasteiger partial charge in [0.2, 0.25) is 5.91 Å². The molecule has 20 heavy (non-hydrogen) atoms. The van der Waals surface area contributed by atoms with Crippen molar-refractivity contribution in [2.24, 2.45) is 10.8 Å². The maximum Gasteiger partial charge on any atom is 0.225 e. The van der Waals surface area contributed by atoms with Crippen LogP contribution in [0.3, 0.4) is 0 Å². The first-order valence-electron chi connectivity index (χ1n) is 7.57. The monoisotopic (exact) mass is 287 g/mol. The van der Waals surface area contributed by atoms with Gasteiger partial charge in [0.1, 0.15) is 0 Å². The van der Waals surface area contributed by atoms with Gasteiger partial charge in [-0.2, -0.15) is 0 Å². The molecular weight excluding hydrogens is 254 g/mol. The van der Waals surface area contributed by atoms with Crippen LogP contribution in [0, 0.1) is 10.8 Å². The van der Waals surface area contributed by atoms with Crippen molar-refractivity contribution in [2.45, 2.75) is 54.4 Å². The zero-order valence-electron chi connectivity index (χ0n) is 14.2. The van der Waals surface area contributed by atoms with Crippen LogP contribution in [-0.4, -0.2) is 38.9 Å². The highest BCUT2D eigenvalue weighted by atomic mass is 16.5. The highest BCUT2D eigenvalue weighted by Gasteiger charge is 2.20. The van der Waals surface area contributed by atoms with Crippen molar-refractivity contribution in [1.29, 1.82) is 0 Å². The van der Waals surface area contributed by atoms with Crippen molar-refractivity contribution in [3.63, 3.8) is 0 Å². The summed E-state index contributed by atoms with van der Waals surface area (Å²) in [5, 5.41) is 2.85. The standard InChI is InChI=1S/C16H33NO3/c1-15(2,3)8-7-10-19-12-13-20-11-9-17-14(18)16(4,5)6/h7-13H2,1-6H3,(H,17,18). The van der Waals surface area contributed by atoms with Crippen LogP contribution in [0.4, 0.5) is 0 Å². The normalized spacial score (nSPS) is 12.5. The van der Waals surface area contributed by atoms with Crippen LogP contribution in [0.25, 0.3) is 0 Å². The summed E-state index contributed by atoms with van der Waals surface area (Å²) in [7, 11) is 0. The summed E-state index contributed by atoms with van der Waals surface area (Å²) in [5.41, 5.74) is 0.0429. The highest BCUT2D eigenvalue weighted by Crippen LogP contribution is 2.20. The number of amides is 1. The van der Waals surface area contributed by atoms with E-state index >= 15 is 0 Å². The van der Waals surface area contributed by atoms with Gasteiger partial charge in [-0.15, -0.1) is 0 Å². The van der Waals surface area contributed by atoms with Crippen molar-refractivity contribution in [1.82, 2.24) is 5.32 Å². The van der Waals surface area contributed by atoms with Gasteiger partial charge < -0.3 is 14.8 Å². The van der Waals surface area contributed by atoms with Crippen LogP contribution in [-0.2, 0) is 14.3 Å². The molecule has 0 radical (unpaired) electrons. The lowest BCUT2D eigenvalue weighted by Gasteiger charge is -2.18.